The summed E-state index contributed by atoms with van der Waals surface area (Å²) in [6.45, 7) is 1.98. The Morgan fingerprint density at radius 1 is 1.29 bits per heavy atom. The van der Waals surface area contributed by atoms with Crippen molar-refractivity contribution < 1.29 is 4.79 Å². The maximum Gasteiger partial charge on any atom is 0.325 e. The lowest BCUT2D eigenvalue weighted by atomic mass is 10.1. The number of aromatic nitrogens is 2. The fraction of sp³-hybridized carbons (Fsp3) is 0.267. The highest BCUT2D eigenvalue weighted by atomic mass is 16.2. The first-order valence-electron chi connectivity index (χ1n) is 6.77. The lowest BCUT2D eigenvalue weighted by Gasteiger charge is -2.22. The van der Waals surface area contributed by atoms with E-state index >= 15 is 0 Å². The Morgan fingerprint density at radius 2 is 2.05 bits per heavy atom. The van der Waals surface area contributed by atoms with Gasteiger partial charge in [0.2, 0.25) is 5.91 Å². The Balaban J connectivity index is 1.89. The van der Waals surface area contributed by atoms with Crippen molar-refractivity contribution in [2.75, 3.05) is 4.90 Å². The maximum absolute atomic E-state index is 12.5. The number of nitrogens with zero attached hydrogens (tertiary/aromatic N) is 1. The van der Waals surface area contributed by atoms with Crippen LogP contribution in [0.3, 0.4) is 0 Å². The van der Waals surface area contributed by atoms with Crippen LogP contribution in [0.15, 0.2) is 39.9 Å². The standard InChI is InChI=1S/C15H15N3O3/c1-9-6-10-4-2-3-5-12(10)18(9)14(20)8-11-7-13(19)17-15(21)16-11/h2-5,7,9H,6,8H2,1H3,(H2,16,17,19,21). The average molecular weight is 285 g/mol. The number of hydrogen-bond acceptors (Lipinski definition) is 3. The number of benzene rings is 1. The third-order valence-corrected chi connectivity index (χ3v) is 3.63. The molecule has 0 bridgehead atoms. The number of anilines is 1. The Labute approximate surface area is 120 Å². The number of rotatable bonds is 2. The molecule has 0 spiro atoms. The molecule has 108 valence electrons. The predicted octanol–water partition coefficient (Wildman–Crippen LogP) is 0.584. The fourth-order valence-corrected chi connectivity index (χ4v) is 2.81. The quantitative estimate of drug-likeness (QED) is 0.846. The van der Waals surface area contributed by atoms with Crippen LogP contribution in [0.4, 0.5) is 5.69 Å². The molecule has 1 atom stereocenters. The molecule has 1 aromatic heterocycles. The zero-order valence-electron chi connectivity index (χ0n) is 11.6. The second-order valence-corrected chi connectivity index (χ2v) is 5.24. The van der Waals surface area contributed by atoms with Crippen LogP contribution >= 0.6 is 0 Å². The summed E-state index contributed by atoms with van der Waals surface area (Å²) in [6, 6.07) is 9.08. The summed E-state index contributed by atoms with van der Waals surface area (Å²) in [5.74, 6) is -0.131. The number of para-hydroxylation sites is 1. The molecule has 0 aliphatic carbocycles. The molecule has 6 heteroatoms. The second kappa shape index (κ2) is 5.05. The number of carbonyl (C=O) groups is 1. The van der Waals surface area contributed by atoms with Crippen LogP contribution in [-0.4, -0.2) is 21.9 Å². The Bertz CT molecular complexity index is 778. The van der Waals surface area contributed by atoms with E-state index in [1.54, 1.807) is 4.90 Å². The van der Waals surface area contributed by atoms with Gasteiger partial charge < -0.3 is 9.88 Å². The monoisotopic (exact) mass is 285 g/mol. The van der Waals surface area contributed by atoms with E-state index in [0.29, 0.717) is 5.69 Å². The van der Waals surface area contributed by atoms with Crippen molar-refractivity contribution in [1.29, 1.82) is 0 Å². The molecule has 1 unspecified atom stereocenters. The van der Waals surface area contributed by atoms with Gasteiger partial charge in [-0.2, -0.15) is 0 Å². The largest absolute Gasteiger partial charge is 0.325 e. The number of H-pyrrole nitrogens is 2. The van der Waals surface area contributed by atoms with Gasteiger partial charge in [0.15, 0.2) is 0 Å². The normalized spacial score (nSPS) is 16.8. The molecule has 2 heterocycles. The van der Waals surface area contributed by atoms with E-state index in [9.17, 15) is 14.4 Å². The number of aromatic amines is 2. The topological polar surface area (TPSA) is 86.0 Å². The maximum atomic E-state index is 12.5. The third-order valence-electron chi connectivity index (χ3n) is 3.63. The molecule has 21 heavy (non-hydrogen) atoms. The minimum absolute atomic E-state index is 0.00215. The van der Waals surface area contributed by atoms with E-state index in [-0.39, 0.29) is 18.4 Å². The summed E-state index contributed by atoms with van der Waals surface area (Å²) in [4.78, 5) is 41.3. The van der Waals surface area contributed by atoms with Gasteiger partial charge in [-0.15, -0.1) is 0 Å². The summed E-state index contributed by atoms with van der Waals surface area (Å²) >= 11 is 0. The van der Waals surface area contributed by atoms with Crippen molar-refractivity contribution in [2.24, 2.45) is 0 Å². The van der Waals surface area contributed by atoms with E-state index in [1.165, 1.54) is 6.07 Å². The van der Waals surface area contributed by atoms with Crippen molar-refractivity contribution in [2.45, 2.75) is 25.8 Å². The van der Waals surface area contributed by atoms with E-state index in [4.69, 9.17) is 0 Å². The number of fused-ring (bicyclic) bond motifs is 1. The summed E-state index contributed by atoms with van der Waals surface area (Å²) in [5.41, 5.74) is 1.27. The summed E-state index contributed by atoms with van der Waals surface area (Å²) in [7, 11) is 0. The minimum atomic E-state index is -0.597. The number of carbonyl (C=O) groups excluding carboxylic acids is 1. The second-order valence-electron chi connectivity index (χ2n) is 5.24. The number of amides is 1. The van der Waals surface area contributed by atoms with Crippen LogP contribution in [0, 0.1) is 0 Å². The van der Waals surface area contributed by atoms with E-state index in [1.807, 2.05) is 31.2 Å². The molecule has 0 radical (unpaired) electrons. The molecular weight excluding hydrogens is 270 g/mol. The van der Waals surface area contributed by atoms with Gasteiger partial charge in [0, 0.05) is 23.5 Å². The van der Waals surface area contributed by atoms with Gasteiger partial charge in [0.25, 0.3) is 5.56 Å². The van der Waals surface area contributed by atoms with Crippen molar-refractivity contribution in [1.82, 2.24) is 9.97 Å². The summed E-state index contributed by atoms with van der Waals surface area (Å²) in [5, 5.41) is 0. The highest BCUT2D eigenvalue weighted by Gasteiger charge is 2.30. The van der Waals surface area contributed by atoms with Crippen molar-refractivity contribution in [3.8, 4) is 0 Å². The summed E-state index contributed by atoms with van der Waals surface area (Å²) in [6.07, 6.45) is 0.811. The van der Waals surface area contributed by atoms with Gasteiger partial charge >= 0.3 is 5.69 Å². The van der Waals surface area contributed by atoms with Crippen molar-refractivity contribution >= 4 is 11.6 Å². The van der Waals surface area contributed by atoms with Crippen LogP contribution in [-0.2, 0) is 17.6 Å². The van der Waals surface area contributed by atoms with Gasteiger partial charge in [-0.25, -0.2) is 4.79 Å². The Hall–Kier alpha value is -2.63. The molecule has 3 rings (SSSR count). The SMILES string of the molecule is CC1Cc2ccccc2N1C(=O)Cc1cc(=O)[nH]c(=O)[nH]1. The highest BCUT2D eigenvalue weighted by molar-refractivity contribution is 5.97. The Kier molecular flexibility index (Phi) is 3.21. The molecule has 2 N–H and O–H groups in total. The number of hydrogen-bond donors (Lipinski definition) is 2. The van der Waals surface area contributed by atoms with Crippen LogP contribution < -0.4 is 16.1 Å². The summed E-state index contributed by atoms with van der Waals surface area (Å²) < 4.78 is 0. The number of nitrogens with one attached hydrogen (secondary N) is 2. The van der Waals surface area contributed by atoms with Gasteiger partial charge in [-0.1, -0.05) is 18.2 Å². The molecule has 0 fully saturated rings. The zero-order valence-corrected chi connectivity index (χ0v) is 11.6. The highest BCUT2D eigenvalue weighted by Crippen LogP contribution is 2.32. The van der Waals surface area contributed by atoms with Gasteiger partial charge in [-0.05, 0) is 25.0 Å². The first-order valence-corrected chi connectivity index (χ1v) is 6.77. The minimum Gasteiger partial charge on any atom is -0.311 e. The third kappa shape index (κ3) is 2.52. The lowest BCUT2D eigenvalue weighted by molar-refractivity contribution is -0.118. The molecular formula is C15H15N3O3. The van der Waals surface area contributed by atoms with E-state index in [0.717, 1.165) is 17.7 Å². The fourth-order valence-electron chi connectivity index (χ4n) is 2.81. The smallest absolute Gasteiger partial charge is 0.311 e. The molecule has 1 aliphatic rings. The molecule has 6 nitrogen and oxygen atoms in total. The first kappa shape index (κ1) is 13.4. The van der Waals surface area contributed by atoms with Crippen molar-refractivity contribution in [3.05, 3.63) is 62.4 Å². The predicted molar refractivity (Wildman–Crippen MR) is 78.5 cm³/mol. The lowest BCUT2D eigenvalue weighted by Crippen LogP contribution is -2.37. The molecule has 2 aromatic rings. The first-order chi connectivity index (χ1) is 10.0. The zero-order chi connectivity index (χ0) is 15.0. The molecule has 0 saturated carbocycles. The molecule has 1 aromatic carbocycles. The van der Waals surface area contributed by atoms with Gasteiger partial charge in [0.1, 0.15) is 0 Å². The van der Waals surface area contributed by atoms with Gasteiger partial charge in [-0.3, -0.25) is 14.6 Å². The van der Waals surface area contributed by atoms with Gasteiger partial charge in [0.05, 0.1) is 6.42 Å². The van der Waals surface area contributed by atoms with Crippen LogP contribution in [0.2, 0.25) is 0 Å². The van der Waals surface area contributed by atoms with E-state index in [2.05, 4.69) is 9.97 Å². The van der Waals surface area contributed by atoms with E-state index < -0.39 is 11.2 Å². The molecule has 1 aliphatic heterocycles. The van der Waals surface area contributed by atoms with Crippen LogP contribution in [0.25, 0.3) is 0 Å². The van der Waals surface area contributed by atoms with Crippen molar-refractivity contribution in [3.63, 3.8) is 0 Å². The molecule has 0 saturated heterocycles. The van der Waals surface area contributed by atoms with Crippen LogP contribution in [0.5, 0.6) is 0 Å². The Morgan fingerprint density at radius 3 is 2.81 bits per heavy atom. The molecule has 1 amide bonds. The van der Waals surface area contributed by atoms with Crippen LogP contribution in [0.1, 0.15) is 18.2 Å². The average Bonchev–Trinajstić information content (AvgIpc) is 2.73.